The topological polar surface area (TPSA) is 23.6 Å². The largest absolute Gasteiger partial charge is 0.334 e. The Bertz CT molecular complexity index is 686. The molecule has 0 atom stereocenters. The third-order valence-corrected chi connectivity index (χ3v) is 7.06. The van der Waals surface area contributed by atoms with Gasteiger partial charge in [-0.25, -0.2) is 0 Å². The Kier molecular flexibility index (Phi) is 4.77. The summed E-state index contributed by atoms with van der Waals surface area (Å²) in [7, 11) is 0. The number of likely N-dealkylation sites (N-methyl/N-ethyl adjacent to an activating group) is 1. The van der Waals surface area contributed by atoms with Gasteiger partial charge in [0.15, 0.2) is 0 Å². The molecule has 0 spiro atoms. The smallest absolute Gasteiger partial charge is 0.268 e. The molecule has 0 aliphatic carbocycles. The number of amides is 1. The van der Waals surface area contributed by atoms with Gasteiger partial charge in [-0.15, -0.1) is 11.8 Å². The number of hydrogen-bond donors (Lipinski definition) is 0. The second-order valence-electron chi connectivity index (χ2n) is 4.73. The Morgan fingerprint density at radius 2 is 1.91 bits per heavy atom. The third kappa shape index (κ3) is 2.58. The Morgan fingerprint density at radius 1 is 1.18 bits per heavy atom. The minimum Gasteiger partial charge on any atom is -0.334 e. The van der Waals surface area contributed by atoms with Crippen LogP contribution in [0.3, 0.4) is 0 Å². The van der Waals surface area contributed by atoms with Gasteiger partial charge in [0, 0.05) is 22.9 Å². The molecule has 0 saturated carbocycles. The minimum absolute atomic E-state index is 0.0383. The van der Waals surface area contributed by atoms with E-state index in [-0.39, 0.29) is 5.91 Å². The monoisotopic (exact) mass is 368 g/mol. The number of benzene rings is 1. The zero-order chi connectivity index (χ0) is 15.9. The predicted molar refractivity (Wildman–Crippen MR) is 102 cm³/mol. The summed E-state index contributed by atoms with van der Waals surface area (Å²) in [5.41, 5.74) is 1.19. The highest BCUT2D eigenvalue weighted by Gasteiger charge is 2.38. The molecule has 0 bridgehead atoms. The van der Waals surface area contributed by atoms with Crippen molar-refractivity contribution in [3.05, 3.63) is 28.1 Å². The maximum absolute atomic E-state index is 12.6. The molecule has 0 aromatic heterocycles. The summed E-state index contributed by atoms with van der Waals surface area (Å²) in [6.07, 6.45) is 2.08. The first-order valence-corrected chi connectivity index (χ1v) is 10.3. The van der Waals surface area contributed by atoms with E-state index in [1.807, 2.05) is 6.92 Å². The molecule has 0 unspecified atom stereocenters. The quantitative estimate of drug-likeness (QED) is 0.445. The van der Waals surface area contributed by atoms with Crippen molar-refractivity contribution in [1.82, 2.24) is 4.90 Å². The van der Waals surface area contributed by atoms with Gasteiger partial charge < -0.3 is 4.90 Å². The molecule has 0 radical (unpaired) electrons. The highest BCUT2D eigenvalue weighted by atomic mass is 32.2. The Labute approximate surface area is 148 Å². The van der Waals surface area contributed by atoms with Crippen LogP contribution in [-0.4, -0.2) is 34.5 Å². The van der Waals surface area contributed by atoms with Gasteiger partial charge in [0.2, 0.25) is 0 Å². The number of rotatable bonds is 3. The fourth-order valence-corrected chi connectivity index (χ4v) is 5.65. The molecule has 3 rings (SSSR count). The van der Waals surface area contributed by atoms with E-state index >= 15 is 0 Å². The lowest BCUT2D eigenvalue weighted by atomic mass is 10.3. The summed E-state index contributed by atoms with van der Waals surface area (Å²) in [6, 6.07) is 6.47. The van der Waals surface area contributed by atoms with E-state index in [2.05, 4.69) is 36.3 Å². The zero-order valence-corrected chi connectivity index (χ0v) is 15.8. The molecule has 2 aliphatic rings. The van der Waals surface area contributed by atoms with Crippen molar-refractivity contribution in [3.63, 3.8) is 0 Å². The van der Waals surface area contributed by atoms with Crippen molar-refractivity contribution in [3.8, 4) is 0 Å². The van der Waals surface area contributed by atoms with Crippen LogP contribution in [0.25, 0.3) is 0 Å². The van der Waals surface area contributed by atoms with E-state index < -0.39 is 0 Å². The van der Waals surface area contributed by atoms with Crippen molar-refractivity contribution in [2.24, 2.45) is 0 Å². The summed E-state index contributed by atoms with van der Waals surface area (Å²) >= 11 is 10.2. The second kappa shape index (κ2) is 6.47. The number of thioether (sulfide) groups is 3. The highest BCUT2D eigenvalue weighted by molar-refractivity contribution is 8.27. The molecular weight excluding hydrogens is 352 g/mol. The molecule has 116 valence electrons. The number of nitrogens with zero attached hydrogens (tertiary/aromatic N) is 2. The van der Waals surface area contributed by atoms with E-state index in [4.69, 9.17) is 12.2 Å². The maximum atomic E-state index is 12.6. The molecule has 1 saturated heterocycles. The highest BCUT2D eigenvalue weighted by Crippen LogP contribution is 2.51. The van der Waals surface area contributed by atoms with Gasteiger partial charge in [-0.05, 0) is 38.3 Å². The minimum atomic E-state index is 0.0383. The average molecular weight is 369 g/mol. The lowest BCUT2D eigenvalue weighted by Crippen LogP contribution is -2.28. The van der Waals surface area contributed by atoms with Crippen LogP contribution in [0.15, 0.2) is 37.9 Å². The normalized spacial score (nSPS) is 21.0. The van der Waals surface area contributed by atoms with Crippen LogP contribution in [0.5, 0.6) is 0 Å². The van der Waals surface area contributed by atoms with Gasteiger partial charge >= 0.3 is 0 Å². The van der Waals surface area contributed by atoms with E-state index in [1.54, 1.807) is 28.4 Å². The first kappa shape index (κ1) is 16.2. The van der Waals surface area contributed by atoms with Crippen molar-refractivity contribution < 1.29 is 4.79 Å². The summed E-state index contributed by atoms with van der Waals surface area (Å²) in [5, 5.41) is 1.02. The summed E-state index contributed by atoms with van der Waals surface area (Å²) < 4.78 is 0.660. The molecule has 2 aliphatic heterocycles. The van der Waals surface area contributed by atoms with Crippen molar-refractivity contribution in [1.29, 1.82) is 0 Å². The van der Waals surface area contributed by atoms with Gasteiger partial charge in [0.1, 0.15) is 14.3 Å². The molecule has 1 amide bonds. The number of fused-ring (bicyclic) bond motifs is 1. The number of thiocarbonyl (C=S) groups is 1. The standard InChI is InChI=1S/C15H16N2OS4/c1-4-16-10-8-9(20-3)6-7-11(10)21-14(16)12-13(18)17(5-2)15(19)22-12/h6-8H,4-5H2,1-3H3. The molecule has 0 N–H and O–H groups in total. The van der Waals surface area contributed by atoms with Gasteiger partial charge in [-0.2, -0.15) is 0 Å². The van der Waals surface area contributed by atoms with Gasteiger partial charge in [0.25, 0.3) is 5.91 Å². The fraction of sp³-hybridized carbons (Fsp3) is 0.333. The molecule has 1 aromatic carbocycles. The third-order valence-electron chi connectivity index (χ3n) is 3.58. The van der Waals surface area contributed by atoms with E-state index in [9.17, 15) is 4.79 Å². The summed E-state index contributed by atoms with van der Waals surface area (Å²) in [4.78, 5) is 19.7. The van der Waals surface area contributed by atoms with Crippen molar-refractivity contribution in [2.75, 3.05) is 24.2 Å². The van der Waals surface area contributed by atoms with Crippen molar-refractivity contribution in [2.45, 2.75) is 23.6 Å². The molecular formula is C15H16N2OS4. The number of hydrogen-bond acceptors (Lipinski definition) is 6. The van der Waals surface area contributed by atoms with Gasteiger partial charge in [-0.3, -0.25) is 9.69 Å². The van der Waals surface area contributed by atoms with Crippen LogP contribution in [0.2, 0.25) is 0 Å². The predicted octanol–water partition coefficient (Wildman–Crippen LogP) is 4.39. The van der Waals surface area contributed by atoms with Crippen molar-refractivity contribution >= 4 is 63.4 Å². The SMILES string of the molecule is CCN1C(=O)C(=C2Sc3ccc(SC)cc3N2CC)SC1=S. The first-order valence-electron chi connectivity index (χ1n) is 7.02. The molecule has 2 heterocycles. The number of carbonyl (C=O) groups excluding carboxylic acids is 1. The molecule has 1 aromatic rings. The van der Waals surface area contributed by atoms with E-state index in [1.165, 1.54) is 27.2 Å². The Balaban J connectivity index is 2.05. The Morgan fingerprint density at radius 3 is 2.50 bits per heavy atom. The molecule has 22 heavy (non-hydrogen) atoms. The second-order valence-corrected chi connectivity index (χ2v) is 8.29. The van der Waals surface area contributed by atoms with E-state index in [0.29, 0.717) is 10.9 Å². The molecule has 1 fully saturated rings. The summed E-state index contributed by atoms with van der Waals surface area (Å²) in [6.45, 7) is 5.53. The van der Waals surface area contributed by atoms with E-state index in [0.717, 1.165) is 16.5 Å². The lowest BCUT2D eigenvalue weighted by Gasteiger charge is -2.19. The number of carbonyl (C=O) groups is 1. The molecule has 3 nitrogen and oxygen atoms in total. The maximum Gasteiger partial charge on any atom is 0.268 e. The van der Waals surface area contributed by atoms with Gasteiger partial charge in [0.05, 0.1) is 5.69 Å². The van der Waals surface area contributed by atoms with Crippen LogP contribution in [-0.2, 0) is 4.79 Å². The van der Waals surface area contributed by atoms with Crippen LogP contribution < -0.4 is 4.90 Å². The summed E-state index contributed by atoms with van der Waals surface area (Å²) in [5.74, 6) is 0.0383. The van der Waals surface area contributed by atoms with Crippen LogP contribution in [0, 0.1) is 0 Å². The Hall–Kier alpha value is -0.630. The number of anilines is 1. The van der Waals surface area contributed by atoms with Crippen LogP contribution in [0.4, 0.5) is 5.69 Å². The van der Waals surface area contributed by atoms with Gasteiger partial charge in [-0.1, -0.05) is 35.7 Å². The molecule has 7 heteroatoms. The average Bonchev–Trinajstić information content (AvgIpc) is 3.03. The lowest BCUT2D eigenvalue weighted by molar-refractivity contribution is -0.122. The van der Waals surface area contributed by atoms with Crippen LogP contribution >= 0.6 is 47.5 Å². The van der Waals surface area contributed by atoms with Crippen LogP contribution in [0.1, 0.15) is 13.8 Å². The first-order chi connectivity index (χ1) is 10.6. The zero-order valence-electron chi connectivity index (χ0n) is 12.6. The fourth-order valence-electron chi connectivity index (χ4n) is 2.47.